The Labute approximate surface area is 269 Å². The molecule has 1 aliphatic rings. The molecule has 11 nitrogen and oxygen atoms in total. The van der Waals surface area contributed by atoms with Crippen molar-refractivity contribution < 1.29 is 19.8 Å². The highest BCUT2D eigenvalue weighted by Gasteiger charge is 2.25. The van der Waals surface area contributed by atoms with Crippen molar-refractivity contribution in [2.75, 3.05) is 43.4 Å². The Morgan fingerprint density at radius 1 is 0.957 bits per heavy atom. The summed E-state index contributed by atoms with van der Waals surface area (Å²) in [7, 11) is 0. The van der Waals surface area contributed by atoms with E-state index >= 15 is 0 Å². The predicted molar refractivity (Wildman–Crippen MR) is 181 cm³/mol. The molecule has 0 radical (unpaired) electrons. The molecule has 0 saturated carbocycles. The van der Waals surface area contributed by atoms with E-state index in [1.165, 1.54) is 0 Å². The fourth-order valence-corrected chi connectivity index (χ4v) is 6.11. The maximum absolute atomic E-state index is 12.5. The van der Waals surface area contributed by atoms with Crippen LogP contribution in [0.15, 0.2) is 60.9 Å². The first kappa shape index (κ1) is 32.8. The zero-order valence-electron chi connectivity index (χ0n) is 26.5. The number of aromatic nitrogens is 2. The molecule has 1 aliphatic heterocycles. The average molecular weight is 626 g/mol. The maximum atomic E-state index is 12.5. The van der Waals surface area contributed by atoms with Gasteiger partial charge in [-0.25, -0.2) is 9.78 Å². The standard InChI is InChI=1S/C35H43N7O4/c1-23-28(29-9-6-11-31(24(29)2)41-35(46)38-15-14-36-16-18-43)8-5-10-30(23)40-34-33-26(12-13-37-34)19-25(21-39-33)22-42-17-4-3-7-27(42)20-32(44)45/h5-6,8-13,19,21,27,36,43H,3-4,7,14-18,20,22H2,1-2H3,(H,37,40)(H,44,45)(H2,38,41,46). The van der Waals surface area contributed by atoms with Gasteiger partial charge < -0.3 is 31.5 Å². The summed E-state index contributed by atoms with van der Waals surface area (Å²) in [5.41, 5.74) is 7.47. The van der Waals surface area contributed by atoms with E-state index in [1.807, 2.05) is 49.5 Å². The van der Waals surface area contributed by atoms with Crippen molar-refractivity contribution in [1.29, 1.82) is 0 Å². The van der Waals surface area contributed by atoms with Gasteiger partial charge in [-0.2, -0.15) is 0 Å². The fraction of sp³-hybridized carbons (Fsp3) is 0.371. The molecule has 1 fully saturated rings. The lowest BCUT2D eigenvalue weighted by molar-refractivity contribution is -0.138. The van der Waals surface area contributed by atoms with Crippen molar-refractivity contribution in [2.24, 2.45) is 0 Å². The number of amides is 2. The van der Waals surface area contributed by atoms with E-state index in [0.29, 0.717) is 32.0 Å². The van der Waals surface area contributed by atoms with Crippen LogP contribution >= 0.6 is 0 Å². The number of carboxylic acid groups (broad SMARTS) is 1. The molecule has 5 rings (SSSR count). The monoisotopic (exact) mass is 625 g/mol. The maximum Gasteiger partial charge on any atom is 0.319 e. The molecule has 4 aromatic rings. The molecule has 2 amide bonds. The number of hydrogen-bond acceptors (Lipinski definition) is 8. The summed E-state index contributed by atoms with van der Waals surface area (Å²) in [6.07, 6.45) is 6.86. The number of likely N-dealkylation sites (tertiary alicyclic amines) is 1. The van der Waals surface area contributed by atoms with E-state index in [-0.39, 0.29) is 25.1 Å². The molecule has 242 valence electrons. The Kier molecular flexibility index (Phi) is 11.1. The van der Waals surface area contributed by atoms with Gasteiger partial charge in [-0.15, -0.1) is 0 Å². The van der Waals surface area contributed by atoms with E-state index in [1.54, 1.807) is 6.20 Å². The third-order valence-corrected chi connectivity index (χ3v) is 8.54. The second kappa shape index (κ2) is 15.6. The molecule has 0 aliphatic carbocycles. The summed E-state index contributed by atoms with van der Waals surface area (Å²) in [4.78, 5) is 35.6. The van der Waals surface area contributed by atoms with E-state index in [0.717, 1.165) is 75.9 Å². The zero-order valence-corrected chi connectivity index (χ0v) is 26.5. The second-order valence-corrected chi connectivity index (χ2v) is 11.7. The average Bonchev–Trinajstić information content (AvgIpc) is 3.04. The number of aliphatic hydroxyl groups excluding tert-OH is 1. The van der Waals surface area contributed by atoms with Crippen LogP contribution in [-0.4, -0.2) is 75.9 Å². The molecule has 2 aromatic carbocycles. The molecule has 11 heteroatoms. The number of benzene rings is 2. The number of anilines is 3. The van der Waals surface area contributed by atoms with Gasteiger partial charge in [0.15, 0.2) is 5.82 Å². The topological polar surface area (TPSA) is 152 Å². The van der Waals surface area contributed by atoms with Crippen molar-refractivity contribution in [1.82, 2.24) is 25.5 Å². The third-order valence-electron chi connectivity index (χ3n) is 8.54. The Hall–Kier alpha value is -4.58. The summed E-state index contributed by atoms with van der Waals surface area (Å²) in [6.45, 7) is 7.18. The number of aliphatic hydroxyl groups is 1. The first-order valence-electron chi connectivity index (χ1n) is 15.9. The van der Waals surface area contributed by atoms with Gasteiger partial charge in [-0.05, 0) is 85.3 Å². The van der Waals surface area contributed by atoms with Crippen molar-refractivity contribution >= 4 is 40.1 Å². The van der Waals surface area contributed by atoms with Crippen LogP contribution in [0, 0.1) is 13.8 Å². The highest BCUT2D eigenvalue weighted by molar-refractivity contribution is 5.93. The Morgan fingerprint density at radius 2 is 1.72 bits per heavy atom. The third kappa shape index (κ3) is 8.16. The quantitative estimate of drug-likeness (QED) is 0.110. The SMILES string of the molecule is Cc1c(NC(=O)NCCNCCO)cccc1-c1cccc(Nc2nccc3cc(CN4CCCCC4CC(=O)O)cnc23)c1C. The van der Waals surface area contributed by atoms with E-state index in [9.17, 15) is 14.7 Å². The van der Waals surface area contributed by atoms with Gasteiger partial charge in [0, 0.05) is 61.4 Å². The number of urea groups is 1. The van der Waals surface area contributed by atoms with Gasteiger partial charge in [-0.3, -0.25) is 14.7 Å². The molecular formula is C35H43N7O4. The number of hydrogen-bond donors (Lipinski definition) is 6. The number of carbonyl (C=O) groups is 2. The van der Waals surface area contributed by atoms with Crippen molar-refractivity contribution in [3.05, 3.63) is 77.6 Å². The smallest absolute Gasteiger partial charge is 0.319 e. The Balaban J connectivity index is 1.32. The number of aliphatic carboxylic acids is 1. The van der Waals surface area contributed by atoms with Crippen molar-refractivity contribution in [2.45, 2.75) is 52.1 Å². The van der Waals surface area contributed by atoms with Crippen LogP contribution in [0.25, 0.3) is 22.0 Å². The van der Waals surface area contributed by atoms with Crippen LogP contribution in [-0.2, 0) is 11.3 Å². The van der Waals surface area contributed by atoms with Crippen LogP contribution in [0.4, 0.5) is 22.0 Å². The number of nitrogens with one attached hydrogen (secondary N) is 4. The van der Waals surface area contributed by atoms with Gasteiger partial charge in [0.05, 0.1) is 13.0 Å². The molecule has 46 heavy (non-hydrogen) atoms. The lowest BCUT2D eigenvalue weighted by Crippen LogP contribution is -2.40. The summed E-state index contributed by atoms with van der Waals surface area (Å²) in [6, 6.07) is 15.8. The van der Waals surface area contributed by atoms with Gasteiger partial charge in [0.2, 0.25) is 0 Å². The van der Waals surface area contributed by atoms with Crippen LogP contribution in [0.3, 0.4) is 0 Å². The van der Waals surface area contributed by atoms with Crippen LogP contribution < -0.4 is 21.3 Å². The Morgan fingerprint density at radius 3 is 2.48 bits per heavy atom. The summed E-state index contributed by atoms with van der Waals surface area (Å²) >= 11 is 0. The largest absolute Gasteiger partial charge is 0.481 e. The van der Waals surface area contributed by atoms with Gasteiger partial charge in [0.1, 0.15) is 5.52 Å². The molecule has 3 heterocycles. The summed E-state index contributed by atoms with van der Waals surface area (Å²) in [5, 5.41) is 31.5. The summed E-state index contributed by atoms with van der Waals surface area (Å²) in [5.74, 6) is -0.0972. The van der Waals surface area contributed by atoms with Gasteiger partial charge in [-0.1, -0.05) is 30.7 Å². The second-order valence-electron chi connectivity index (χ2n) is 11.7. The molecule has 0 bridgehead atoms. The van der Waals surface area contributed by atoms with Crippen LogP contribution in [0.5, 0.6) is 0 Å². The number of rotatable bonds is 13. The first-order valence-corrected chi connectivity index (χ1v) is 15.9. The minimum Gasteiger partial charge on any atom is -0.481 e. The van der Waals surface area contributed by atoms with Gasteiger partial charge >= 0.3 is 12.0 Å². The zero-order chi connectivity index (χ0) is 32.5. The highest BCUT2D eigenvalue weighted by Crippen LogP contribution is 2.35. The molecule has 0 spiro atoms. The fourth-order valence-electron chi connectivity index (χ4n) is 6.11. The minimum absolute atomic E-state index is 0.0505. The predicted octanol–water partition coefficient (Wildman–Crippen LogP) is 5.19. The first-order chi connectivity index (χ1) is 22.3. The Bertz CT molecular complexity index is 1680. The van der Waals surface area contributed by atoms with Crippen LogP contribution in [0.1, 0.15) is 42.4 Å². The van der Waals surface area contributed by atoms with E-state index < -0.39 is 5.97 Å². The summed E-state index contributed by atoms with van der Waals surface area (Å²) < 4.78 is 0. The molecular weight excluding hydrogens is 582 g/mol. The molecule has 1 atom stereocenters. The van der Waals surface area contributed by atoms with E-state index in [4.69, 9.17) is 10.1 Å². The van der Waals surface area contributed by atoms with E-state index in [2.05, 4.69) is 50.2 Å². The van der Waals surface area contributed by atoms with Crippen LogP contribution in [0.2, 0.25) is 0 Å². The highest BCUT2D eigenvalue weighted by atomic mass is 16.4. The normalized spacial score (nSPS) is 15.1. The van der Waals surface area contributed by atoms with Crippen molar-refractivity contribution in [3.63, 3.8) is 0 Å². The number of pyridine rings is 2. The number of fused-ring (bicyclic) bond motifs is 1. The lowest BCUT2D eigenvalue weighted by atomic mass is 9.94. The number of piperidine rings is 1. The minimum atomic E-state index is -0.753. The molecule has 6 N–H and O–H groups in total. The molecule has 2 aromatic heterocycles. The number of carboxylic acids is 1. The number of nitrogens with zero attached hydrogens (tertiary/aromatic N) is 3. The lowest BCUT2D eigenvalue weighted by Gasteiger charge is -2.34. The molecule has 1 unspecified atom stereocenters. The molecule has 1 saturated heterocycles. The van der Waals surface area contributed by atoms with Crippen molar-refractivity contribution in [3.8, 4) is 11.1 Å². The van der Waals surface area contributed by atoms with Gasteiger partial charge in [0.25, 0.3) is 0 Å². The number of carbonyl (C=O) groups excluding carboxylic acids is 1.